The van der Waals surface area contributed by atoms with Crippen molar-refractivity contribution in [2.75, 3.05) is 0 Å². The average Bonchev–Trinajstić information content (AvgIpc) is 2.59. The molecule has 0 radical (unpaired) electrons. The number of benzene rings is 3. The molecule has 0 spiro atoms. The van der Waals surface area contributed by atoms with Gasteiger partial charge in [0.05, 0.1) is 0 Å². The number of hydrogen-bond donors (Lipinski definition) is 1. The Balaban J connectivity index is 2.18. The van der Waals surface area contributed by atoms with Gasteiger partial charge in [-0.15, -0.1) is 0 Å². The van der Waals surface area contributed by atoms with E-state index in [1.165, 1.54) is 6.07 Å². The fraction of sp³-hybridized carbons (Fsp3) is 0.0952. The summed E-state index contributed by atoms with van der Waals surface area (Å²) in [5.74, 6) is 0.588. The van der Waals surface area contributed by atoms with Gasteiger partial charge in [-0.25, -0.2) is 4.79 Å². The highest BCUT2D eigenvalue weighted by Crippen LogP contribution is 2.43. The summed E-state index contributed by atoms with van der Waals surface area (Å²) >= 11 is 0. The lowest BCUT2D eigenvalue weighted by atomic mass is 10.0. The van der Waals surface area contributed by atoms with Gasteiger partial charge in [0.2, 0.25) is 0 Å². The summed E-state index contributed by atoms with van der Waals surface area (Å²) in [7, 11) is 0. The van der Waals surface area contributed by atoms with Gasteiger partial charge in [-0.2, -0.15) is 0 Å². The van der Waals surface area contributed by atoms with E-state index in [0.29, 0.717) is 16.5 Å². The van der Waals surface area contributed by atoms with Crippen molar-refractivity contribution in [3.8, 4) is 23.0 Å². The van der Waals surface area contributed by atoms with Crippen molar-refractivity contribution in [1.82, 2.24) is 0 Å². The van der Waals surface area contributed by atoms with Crippen molar-refractivity contribution in [1.29, 1.82) is 0 Å². The smallest absolute Gasteiger partial charge is 0.338 e. The van der Waals surface area contributed by atoms with E-state index < -0.39 is 5.97 Å². The van der Waals surface area contributed by atoms with E-state index in [9.17, 15) is 9.90 Å². The molecule has 1 N–H and O–H groups in total. The molecule has 0 aromatic heterocycles. The number of hydrogen-bond acceptors (Lipinski definition) is 4. The van der Waals surface area contributed by atoms with Crippen LogP contribution in [0.5, 0.6) is 23.0 Å². The van der Waals surface area contributed by atoms with Gasteiger partial charge in [0, 0.05) is 22.4 Å². The van der Waals surface area contributed by atoms with Gasteiger partial charge in [0.1, 0.15) is 11.5 Å². The zero-order valence-electron chi connectivity index (χ0n) is 14.1. The molecular formula is C21H18O4. The third kappa shape index (κ3) is 3.48. The SMILES string of the molecule is C=C(C)C(=O)Oc1c(Oc2ccccc2)cc(O)c2cc(C)ccc12. The minimum absolute atomic E-state index is 0.0553. The number of ether oxygens (including phenoxy) is 2. The third-order valence-corrected chi connectivity index (χ3v) is 3.70. The predicted octanol–water partition coefficient (Wildman–Crippen LogP) is 5.13. The van der Waals surface area contributed by atoms with Gasteiger partial charge in [-0.3, -0.25) is 0 Å². The first-order valence-electron chi connectivity index (χ1n) is 7.82. The average molecular weight is 334 g/mol. The highest BCUT2D eigenvalue weighted by atomic mass is 16.6. The van der Waals surface area contributed by atoms with E-state index in [-0.39, 0.29) is 22.8 Å². The molecule has 3 aromatic rings. The molecule has 4 nitrogen and oxygen atoms in total. The first-order chi connectivity index (χ1) is 12.0. The summed E-state index contributed by atoms with van der Waals surface area (Å²) in [5.41, 5.74) is 1.26. The molecule has 0 aliphatic heterocycles. The molecule has 0 saturated carbocycles. The number of phenols is 1. The molecule has 0 heterocycles. The van der Waals surface area contributed by atoms with Crippen LogP contribution in [0.1, 0.15) is 12.5 Å². The molecule has 0 amide bonds. The minimum Gasteiger partial charge on any atom is -0.507 e. The maximum atomic E-state index is 12.1. The Hall–Kier alpha value is -3.27. The summed E-state index contributed by atoms with van der Waals surface area (Å²) < 4.78 is 11.4. The Morgan fingerprint density at radius 2 is 1.76 bits per heavy atom. The lowest BCUT2D eigenvalue weighted by Crippen LogP contribution is -2.09. The largest absolute Gasteiger partial charge is 0.507 e. The number of phenolic OH excluding ortho intramolecular Hbond substituents is 1. The van der Waals surface area contributed by atoms with Crippen LogP contribution in [-0.2, 0) is 4.79 Å². The van der Waals surface area contributed by atoms with Gasteiger partial charge in [-0.05, 0) is 32.0 Å². The Morgan fingerprint density at radius 3 is 2.44 bits per heavy atom. The minimum atomic E-state index is -0.550. The van der Waals surface area contributed by atoms with Gasteiger partial charge in [-0.1, -0.05) is 42.5 Å². The molecule has 25 heavy (non-hydrogen) atoms. The standard InChI is InChI=1S/C21H18O4/c1-13(2)21(23)25-20-16-10-9-14(3)11-17(16)18(22)12-19(20)24-15-7-5-4-6-8-15/h4-12,22H,1H2,2-3H3. The van der Waals surface area contributed by atoms with Crippen molar-refractivity contribution in [3.63, 3.8) is 0 Å². The zero-order chi connectivity index (χ0) is 18.0. The molecule has 3 rings (SSSR count). The van der Waals surface area contributed by atoms with Gasteiger partial charge in [0.25, 0.3) is 0 Å². The maximum Gasteiger partial charge on any atom is 0.338 e. The monoisotopic (exact) mass is 334 g/mol. The topological polar surface area (TPSA) is 55.8 Å². The van der Waals surface area contributed by atoms with Gasteiger partial charge < -0.3 is 14.6 Å². The first-order valence-corrected chi connectivity index (χ1v) is 7.82. The molecule has 0 fully saturated rings. The second-order valence-electron chi connectivity index (χ2n) is 5.86. The summed E-state index contributed by atoms with van der Waals surface area (Å²) in [6.45, 7) is 7.11. The first kappa shape index (κ1) is 16.6. The quantitative estimate of drug-likeness (QED) is 0.408. The van der Waals surface area contributed by atoms with Crippen molar-refractivity contribution in [2.45, 2.75) is 13.8 Å². The Labute approximate surface area is 145 Å². The number of fused-ring (bicyclic) bond motifs is 1. The molecule has 126 valence electrons. The Kier molecular flexibility index (Phi) is 4.44. The molecule has 0 aliphatic rings. The third-order valence-electron chi connectivity index (χ3n) is 3.70. The summed E-state index contributed by atoms with van der Waals surface area (Å²) in [6, 6.07) is 16.1. The van der Waals surface area contributed by atoms with E-state index in [1.807, 2.05) is 37.3 Å². The van der Waals surface area contributed by atoms with E-state index in [1.54, 1.807) is 25.1 Å². The van der Waals surface area contributed by atoms with Gasteiger partial charge in [0.15, 0.2) is 11.5 Å². The predicted molar refractivity (Wildman–Crippen MR) is 97.3 cm³/mol. The van der Waals surface area contributed by atoms with E-state index in [4.69, 9.17) is 9.47 Å². The fourth-order valence-electron chi connectivity index (χ4n) is 2.44. The van der Waals surface area contributed by atoms with Crippen LogP contribution in [0.2, 0.25) is 0 Å². The number of aryl methyl sites for hydroxylation is 1. The number of para-hydroxylation sites is 1. The van der Waals surface area contributed by atoms with Gasteiger partial charge >= 0.3 is 5.97 Å². The Morgan fingerprint density at radius 1 is 1.04 bits per heavy atom. The molecule has 0 bridgehead atoms. The van der Waals surface area contributed by atoms with Crippen LogP contribution in [-0.4, -0.2) is 11.1 Å². The second-order valence-corrected chi connectivity index (χ2v) is 5.86. The molecule has 0 atom stereocenters. The number of esters is 1. The lowest BCUT2D eigenvalue weighted by Gasteiger charge is -2.15. The second kappa shape index (κ2) is 6.69. The normalized spacial score (nSPS) is 10.5. The number of carbonyl (C=O) groups is 1. The van der Waals surface area contributed by atoms with Crippen LogP contribution >= 0.6 is 0 Å². The summed E-state index contributed by atoms with van der Waals surface area (Å²) in [5, 5.41) is 11.6. The molecular weight excluding hydrogens is 316 g/mol. The van der Waals surface area contributed by atoms with Crippen LogP contribution in [0.4, 0.5) is 0 Å². The van der Waals surface area contributed by atoms with E-state index in [0.717, 1.165) is 5.56 Å². The van der Waals surface area contributed by atoms with Crippen LogP contribution in [0.25, 0.3) is 10.8 Å². The molecule has 4 heteroatoms. The van der Waals surface area contributed by atoms with Crippen LogP contribution in [0, 0.1) is 6.92 Å². The summed E-state index contributed by atoms with van der Waals surface area (Å²) in [4.78, 5) is 12.1. The number of carbonyl (C=O) groups excluding carboxylic acids is 1. The van der Waals surface area contributed by atoms with E-state index >= 15 is 0 Å². The number of rotatable bonds is 4. The van der Waals surface area contributed by atoms with Crippen LogP contribution < -0.4 is 9.47 Å². The highest BCUT2D eigenvalue weighted by molar-refractivity contribution is 5.99. The number of aromatic hydroxyl groups is 1. The van der Waals surface area contributed by atoms with Crippen LogP contribution in [0.15, 0.2) is 66.7 Å². The van der Waals surface area contributed by atoms with Crippen molar-refractivity contribution < 1.29 is 19.4 Å². The maximum absolute atomic E-state index is 12.1. The molecule has 3 aromatic carbocycles. The summed E-state index contributed by atoms with van der Waals surface area (Å²) in [6.07, 6.45) is 0. The zero-order valence-corrected chi connectivity index (χ0v) is 14.1. The molecule has 0 saturated heterocycles. The fourth-order valence-corrected chi connectivity index (χ4v) is 2.44. The Bertz CT molecular complexity index is 959. The van der Waals surface area contributed by atoms with E-state index in [2.05, 4.69) is 6.58 Å². The lowest BCUT2D eigenvalue weighted by molar-refractivity contribution is -0.130. The van der Waals surface area contributed by atoms with Crippen molar-refractivity contribution in [2.24, 2.45) is 0 Å². The molecule has 0 unspecified atom stereocenters. The van der Waals surface area contributed by atoms with Crippen molar-refractivity contribution >= 4 is 16.7 Å². The molecule has 0 aliphatic carbocycles. The highest BCUT2D eigenvalue weighted by Gasteiger charge is 2.18. The van der Waals surface area contributed by atoms with Crippen LogP contribution in [0.3, 0.4) is 0 Å². The van der Waals surface area contributed by atoms with Crippen molar-refractivity contribution in [3.05, 3.63) is 72.3 Å².